The highest BCUT2D eigenvalue weighted by atomic mass is 32.2. The van der Waals surface area contributed by atoms with Crippen molar-refractivity contribution in [1.29, 1.82) is 0 Å². The second-order valence-electron chi connectivity index (χ2n) is 14.6. The van der Waals surface area contributed by atoms with E-state index in [9.17, 15) is 63.0 Å². The molecule has 2 heterocycles. The molecule has 4 unspecified atom stereocenters. The van der Waals surface area contributed by atoms with Crippen molar-refractivity contribution < 1.29 is 67.7 Å². The summed E-state index contributed by atoms with van der Waals surface area (Å²) in [6, 6.07) is -5.47. The van der Waals surface area contributed by atoms with Gasteiger partial charge in [-0.2, -0.15) is 0 Å². The smallest absolute Gasteiger partial charge is 0.352 e. The molecule has 26 nitrogen and oxygen atoms in total. The third-order valence-electron chi connectivity index (χ3n) is 9.46. The van der Waals surface area contributed by atoms with Crippen molar-refractivity contribution in [3.05, 3.63) is 11.3 Å². The second-order valence-corrected chi connectivity index (χ2v) is 15.7. The van der Waals surface area contributed by atoms with Crippen LogP contribution in [0, 0.1) is 0 Å². The first-order chi connectivity index (χ1) is 29.4. The number of fused-ring (bicyclic) bond motifs is 1. The minimum absolute atomic E-state index is 0.0142. The number of carboxylic acid groups (broad SMARTS) is 1. The van der Waals surface area contributed by atoms with Crippen LogP contribution in [-0.2, 0) is 57.5 Å². The van der Waals surface area contributed by atoms with Gasteiger partial charge in [0.05, 0.1) is 18.6 Å². The highest BCUT2D eigenvalue weighted by Crippen LogP contribution is 2.45. The third-order valence-corrected chi connectivity index (χ3v) is 10.9. The average molecular weight is 913 g/mol. The number of amides is 9. The molecule has 0 spiro atoms. The molecule has 0 aromatic rings. The molecule has 63 heavy (non-hydrogen) atoms. The number of β-lactam (4-membered cyclic amide) rings is 1. The molecule has 1 fully saturated rings. The number of hydrogen-bond donors (Lipinski definition) is 12. The van der Waals surface area contributed by atoms with Crippen LogP contribution in [0.4, 0.5) is 0 Å². The number of aliphatic carboxylic acids is 1. The molecule has 2 aliphatic rings. The van der Waals surface area contributed by atoms with Crippen molar-refractivity contribution in [3.63, 3.8) is 0 Å². The first-order valence-corrected chi connectivity index (χ1v) is 20.6. The maximum absolute atomic E-state index is 13.5. The fraction of sp³-hybridized carbons (Fsp3) is 0.611. The number of carbonyl (C=O) groups is 11. The molecule has 0 radical (unpaired) electrons. The summed E-state index contributed by atoms with van der Waals surface area (Å²) in [4.78, 5) is 141. The summed E-state index contributed by atoms with van der Waals surface area (Å²) in [5.41, 5.74) is 13.4. The summed E-state index contributed by atoms with van der Waals surface area (Å²) >= 11 is 0.936. The first-order valence-electron chi connectivity index (χ1n) is 19.5. The van der Waals surface area contributed by atoms with Crippen LogP contribution >= 0.6 is 11.8 Å². The molecular formula is C36H56N12O14S. The monoisotopic (exact) mass is 912 g/mol. The van der Waals surface area contributed by atoms with Gasteiger partial charge < -0.3 is 69.4 Å². The van der Waals surface area contributed by atoms with Gasteiger partial charge in [0, 0.05) is 38.1 Å². The van der Waals surface area contributed by atoms with Crippen LogP contribution in [0.3, 0.4) is 0 Å². The number of hydrogen-bond acceptors (Lipinski definition) is 15. The number of nitrogens with two attached hydrogens (primary N) is 3. The van der Waals surface area contributed by atoms with Crippen LogP contribution in [0.1, 0.15) is 73.1 Å². The van der Waals surface area contributed by atoms with Crippen LogP contribution < -0.4 is 54.4 Å². The molecule has 350 valence electrons. The number of nitrogens with zero attached hydrogens (tertiary/aromatic N) is 2. The van der Waals surface area contributed by atoms with Crippen molar-refractivity contribution >= 4 is 83.3 Å². The minimum Gasteiger partial charge on any atom is -0.477 e. The van der Waals surface area contributed by atoms with Crippen LogP contribution in [0.5, 0.6) is 0 Å². The van der Waals surface area contributed by atoms with E-state index in [1.807, 2.05) is 0 Å². The maximum Gasteiger partial charge on any atom is 0.352 e. The standard InChI is InChI=1S/C36H56N12O14S/c1-16(42-19(4)50)29(56)43-17(2)30(57)44-18(3)31(58)46-22(9-7-11-40-35(38)39)24(52)12-26(54)62-13-21-14-63-34-36(41-15-49,33(61)48(34)27(21)32(59)60)47-25(53)10-6-8-23(28(37)55)45-20(5)51/h15-18,22-24,34,52H,6-14H2,1-5H3,(H2,37,55)(H,41,49)(H,42,50)(H,43,56)(H,44,57)(H,45,51)(H,46,58)(H,47,53)(H,59,60)(H4,38,39,40)/t16-,17-,18-,22?,23?,24?,34?,36+/m0/s1. The van der Waals surface area contributed by atoms with E-state index in [-0.39, 0.29) is 62.3 Å². The molecule has 0 aromatic heterocycles. The summed E-state index contributed by atoms with van der Waals surface area (Å²) in [7, 11) is 0. The molecule has 15 N–H and O–H groups in total. The molecule has 8 atom stereocenters. The number of thioether (sulfide) groups is 1. The molecule has 0 saturated carbocycles. The Morgan fingerprint density at radius 2 is 1.46 bits per heavy atom. The van der Waals surface area contributed by atoms with E-state index < -0.39 is 125 Å². The number of aliphatic imine (C=N–C) groups is 1. The summed E-state index contributed by atoms with van der Waals surface area (Å²) in [6.45, 7) is 5.91. The first kappa shape index (κ1) is 52.6. The van der Waals surface area contributed by atoms with E-state index in [2.05, 4.69) is 42.2 Å². The summed E-state index contributed by atoms with van der Waals surface area (Å²) in [6.07, 6.45) is -2.20. The number of rotatable bonds is 26. The number of guanidine groups is 1. The zero-order valence-electron chi connectivity index (χ0n) is 35.3. The second kappa shape index (κ2) is 24.2. The molecule has 2 rings (SSSR count). The zero-order chi connectivity index (χ0) is 47.8. The molecule has 1 saturated heterocycles. The quantitative estimate of drug-likeness (QED) is 0.00732. The summed E-state index contributed by atoms with van der Waals surface area (Å²) in [5, 5.41) is 36.9. The van der Waals surface area contributed by atoms with Crippen molar-refractivity contribution in [2.24, 2.45) is 22.2 Å². The van der Waals surface area contributed by atoms with E-state index >= 15 is 0 Å². The average Bonchev–Trinajstić information content (AvgIpc) is 3.18. The number of primary amides is 1. The topological polar surface area (TPSA) is 415 Å². The number of esters is 1. The van der Waals surface area contributed by atoms with Gasteiger partial charge in [-0.15, -0.1) is 11.8 Å². The van der Waals surface area contributed by atoms with Crippen LogP contribution in [0.15, 0.2) is 16.3 Å². The van der Waals surface area contributed by atoms with E-state index in [4.69, 9.17) is 21.9 Å². The van der Waals surface area contributed by atoms with Crippen LogP contribution in [0.2, 0.25) is 0 Å². The number of nitrogens with one attached hydrogen (secondary N) is 7. The van der Waals surface area contributed by atoms with E-state index in [0.29, 0.717) is 0 Å². The highest BCUT2D eigenvalue weighted by molar-refractivity contribution is 8.00. The number of carbonyl (C=O) groups excluding carboxylic acids is 10. The lowest BCUT2D eigenvalue weighted by molar-refractivity contribution is -0.162. The van der Waals surface area contributed by atoms with Crippen molar-refractivity contribution in [3.8, 4) is 0 Å². The number of aliphatic hydroxyl groups is 1. The lowest BCUT2D eigenvalue weighted by Crippen LogP contribution is -2.85. The Morgan fingerprint density at radius 3 is 1.98 bits per heavy atom. The number of ether oxygens (including phenoxy) is 1. The predicted octanol–water partition coefficient (Wildman–Crippen LogP) is -5.67. The molecule has 2 aliphatic heterocycles. The summed E-state index contributed by atoms with van der Waals surface area (Å²) in [5.74, 6) is -8.78. The van der Waals surface area contributed by atoms with Gasteiger partial charge in [-0.1, -0.05) is 0 Å². The third kappa shape index (κ3) is 15.4. The van der Waals surface area contributed by atoms with Gasteiger partial charge in [0.1, 0.15) is 41.8 Å². The number of aliphatic hydroxyl groups excluding tert-OH is 1. The Hall–Kier alpha value is -6.51. The van der Waals surface area contributed by atoms with Gasteiger partial charge in [0.2, 0.25) is 53.4 Å². The van der Waals surface area contributed by atoms with Gasteiger partial charge in [-0.05, 0) is 46.5 Å². The van der Waals surface area contributed by atoms with Gasteiger partial charge in [0.25, 0.3) is 5.91 Å². The fourth-order valence-corrected chi connectivity index (χ4v) is 7.70. The Morgan fingerprint density at radius 1 is 0.889 bits per heavy atom. The van der Waals surface area contributed by atoms with Crippen molar-refractivity contribution in [1.82, 2.24) is 42.1 Å². The minimum atomic E-state index is -2.06. The lowest BCUT2D eigenvalue weighted by atomic mass is 9.94. The molecule has 0 aromatic carbocycles. The van der Waals surface area contributed by atoms with Gasteiger partial charge in [0.15, 0.2) is 5.96 Å². The summed E-state index contributed by atoms with van der Waals surface area (Å²) < 4.78 is 5.30. The molecule has 0 bridgehead atoms. The van der Waals surface area contributed by atoms with Gasteiger partial charge in [-0.25, -0.2) is 4.79 Å². The van der Waals surface area contributed by atoms with E-state index in [1.54, 1.807) is 0 Å². The maximum atomic E-state index is 13.5. The fourth-order valence-electron chi connectivity index (χ4n) is 6.29. The Kier molecular flexibility index (Phi) is 20.2. The van der Waals surface area contributed by atoms with Crippen molar-refractivity contribution in [2.75, 3.05) is 18.9 Å². The predicted molar refractivity (Wildman–Crippen MR) is 220 cm³/mol. The normalized spacial score (nSPS) is 19.4. The van der Waals surface area contributed by atoms with Crippen molar-refractivity contribution in [2.45, 2.75) is 120 Å². The highest BCUT2D eigenvalue weighted by Gasteiger charge is 2.66. The molecule has 27 heteroatoms. The SMILES string of the molecule is CC(=O)NC(CCCC(=O)N[C@]1(NC=O)C(=O)N2C(C(=O)O)=C(COC(=O)CC(O)C(CCCN=C(N)N)NC(=O)[C@H](C)NC(=O)[C@H](C)NC(=O)[C@H](C)NC(C)=O)CSC21)C(N)=O. The van der Waals surface area contributed by atoms with E-state index in [0.717, 1.165) is 16.7 Å². The Balaban J connectivity index is 2.12. The zero-order valence-corrected chi connectivity index (χ0v) is 36.1. The molecule has 9 amide bonds. The van der Waals surface area contributed by atoms with Gasteiger partial charge in [-0.3, -0.25) is 57.8 Å². The number of carboxylic acids is 1. The molecule has 0 aliphatic carbocycles. The van der Waals surface area contributed by atoms with Gasteiger partial charge >= 0.3 is 11.9 Å². The van der Waals surface area contributed by atoms with E-state index in [1.165, 1.54) is 34.6 Å². The van der Waals surface area contributed by atoms with Crippen LogP contribution in [-0.4, -0.2) is 153 Å². The Labute approximate surface area is 365 Å². The molecular weight excluding hydrogens is 857 g/mol. The lowest BCUT2D eigenvalue weighted by Gasteiger charge is -2.56. The largest absolute Gasteiger partial charge is 0.477 e. The Bertz CT molecular complexity index is 1860. The van der Waals surface area contributed by atoms with Crippen LogP contribution in [0.25, 0.3) is 0 Å².